The summed E-state index contributed by atoms with van der Waals surface area (Å²) in [5.41, 5.74) is 0. The van der Waals surface area contributed by atoms with Gasteiger partial charge in [0.25, 0.3) is 0 Å². The van der Waals surface area contributed by atoms with Crippen molar-refractivity contribution in [2.45, 2.75) is 31.5 Å². The van der Waals surface area contributed by atoms with Crippen molar-refractivity contribution in [3.05, 3.63) is 0 Å². The zero-order chi connectivity index (χ0) is 10.0. The summed E-state index contributed by atoms with van der Waals surface area (Å²) in [6, 6.07) is 0. The van der Waals surface area contributed by atoms with E-state index >= 15 is 0 Å². The lowest BCUT2D eigenvalue weighted by molar-refractivity contribution is -0.196. The van der Waals surface area contributed by atoms with E-state index in [9.17, 15) is 15.0 Å². The molecular weight excluding hydrogens is 178 g/mol. The molecule has 6 nitrogen and oxygen atoms in total. The molecule has 0 aromatic rings. The van der Waals surface area contributed by atoms with E-state index in [2.05, 4.69) is 5.32 Å². The monoisotopic (exact) mass is 191 g/mol. The molecule has 1 saturated heterocycles. The van der Waals surface area contributed by atoms with Gasteiger partial charge in [0.05, 0.1) is 6.61 Å². The van der Waals surface area contributed by atoms with Crippen molar-refractivity contribution >= 4 is 5.91 Å². The molecule has 1 heterocycles. The number of hydrogen-bond acceptors (Lipinski definition) is 5. The van der Waals surface area contributed by atoms with Crippen molar-refractivity contribution < 1.29 is 24.9 Å². The third-order valence-electron chi connectivity index (χ3n) is 1.85. The summed E-state index contributed by atoms with van der Waals surface area (Å²) >= 11 is 0. The molecular formula is C7H13NO5. The van der Waals surface area contributed by atoms with E-state index in [1.165, 1.54) is 6.92 Å². The van der Waals surface area contributed by atoms with E-state index in [1.54, 1.807) is 0 Å². The van der Waals surface area contributed by atoms with E-state index in [0.717, 1.165) is 0 Å². The molecule has 13 heavy (non-hydrogen) atoms. The zero-order valence-corrected chi connectivity index (χ0v) is 7.17. The van der Waals surface area contributed by atoms with Crippen LogP contribution in [0.15, 0.2) is 0 Å². The Morgan fingerprint density at radius 1 is 1.38 bits per heavy atom. The first kappa shape index (κ1) is 10.4. The first-order valence-corrected chi connectivity index (χ1v) is 3.95. The molecule has 1 fully saturated rings. The second-order valence-electron chi connectivity index (χ2n) is 3.00. The second kappa shape index (κ2) is 4.01. The summed E-state index contributed by atoms with van der Waals surface area (Å²) in [5.74, 6) is -0.368. The summed E-state index contributed by atoms with van der Waals surface area (Å²) in [4.78, 5) is 10.6. The van der Waals surface area contributed by atoms with Crippen LogP contribution in [0.1, 0.15) is 6.92 Å². The van der Waals surface area contributed by atoms with Crippen molar-refractivity contribution in [3.63, 3.8) is 0 Å². The summed E-state index contributed by atoms with van der Waals surface area (Å²) in [6.07, 6.45) is -4.64. The largest absolute Gasteiger partial charge is 0.388 e. The molecule has 1 amide bonds. The van der Waals surface area contributed by atoms with Crippen molar-refractivity contribution in [1.82, 2.24) is 5.32 Å². The Morgan fingerprint density at radius 3 is 2.54 bits per heavy atom. The van der Waals surface area contributed by atoms with Crippen LogP contribution in [0.5, 0.6) is 0 Å². The lowest BCUT2D eigenvalue weighted by Crippen LogP contribution is -2.58. The van der Waals surface area contributed by atoms with Gasteiger partial charge in [0.1, 0.15) is 18.3 Å². The predicted molar refractivity (Wildman–Crippen MR) is 41.6 cm³/mol. The highest BCUT2D eigenvalue weighted by molar-refractivity contribution is 5.73. The van der Waals surface area contributed by atoms with Crippen molar-refractivity contribution in [3.8, 4) is 0 Å². The average molecular weight is 191 g/mol. The Morgan fingerprint density at radius 2 is 2.00 bits per heavy atom. The third-order valence-corrected chi connectivity index (χ3v) is 1.85. The maximum absolute atomic E-state index is 10.6. The normalized spacial score (nSPS) is 40.0. The number of aliphatic hydroxyl groups is 3. The van der Waals surface area contributed by atoms with Gasteiger partial charge in [0, 0.05) is 6.92 Å². The lowest BCUT2D eigenvalue weighted by Gasteiger charge is -2.35. The van der Waals surface area contributed by atoms with Gasteiger partial charge < -0.3 is 25.4 Å². The van der Waals surface area contributed by atoms with Gasteiger partial charge in [-0.25, -0.2) is 0 Å². The number of aliphatic hydroxyl groups excluding tert-OH is 3. The maximum atomic E-state index is 10.6. The first-order chi connectivity index (χ1) is 6.02. The van der Waals surface area contributed by atoms with Crippen LogP contribution in [0, 0.1) is 0 Å². The second-order valence-corrected chi connectivity index (χ2v) is 3.00. The molecule has 0 unspecified atom stereocenters. The van der Waals surface area contributed by atoms with Crippen LogP contribution in [-0.2, 0) is 9.53 Å². The lowest BCUT2D eigenvalue weighted by atomic mass is 10.0. The van der Waals surface area contributed by atoms with Crippen molar-refractivity contribution in [1.29, 1.82) is 0 Å². The Hall–Kier alpha value is -0.690. The Balaban J connectivity index is 2.53. The van der Waals surface area contributed by atoms with Gasteiger partial charge in [-0.1, -0.05) is 0 Å². The number of rotatable bonds is 1. The quantitative estimate of drug-likeness (QED) is 0.369. The SMILES string of the molecule is CC(=O)N[C@H]1OC[C@@H](O)[C@H](O)[C@H]1O. The highest BCUT2D eigenvalue weighted by atomic mass is 16.5. The fraction of sp³-hybridized carbons (Fsp3) is 0.857. The number of ether oxygens (including phenoxy) is 1. The molecule has 0 radical (unpaired) electrons. The summed E-state index contributed by atoms with van der Waals surface area (Å²) in [7, 11) is 0. The van der Waals surface area contributed by atoms with Gasteiger partial charge in [0.2, 0.25) is 5.91 Å². The third kappa shape index (κ3) is 2.38. The minimum atomic E-state index is -1.30. The molecule has 76 valence electrons. The number of carbonyl (C=O) groups is 1. The van der Waals surface area contributed by atoms with Crippen LogP contribution < -0.4 is 5.32 Å². The maximum Gasteiger partial charge on any atom is 0.218 e. The van der Waals surface area contributed by atoms with Gasteiger partial charge in [-0.05, 0) is 0 Å². The molecule has 0 aromatic heterocycles. The number of amides is 1. The minimum absolute atomic E-state index is 0.108. The Bertz CT molecular complexity index is 197. The number of carbonyl (C=O) groups excluding carboxylic acids is 1. The van der Waals surface area contributed by atoms with Gasteiger partial charge >= 0.3 is 0 Å². The molecule has 1 rings (SSSR count). The van der Waals surface area contributed by atoms with Crippen molar-refractivity contribution in [2.24, 2.45) is 0 Å². The van der Waals surface area contributed by atoms with Crippen LogP contribution in [0.4, 0.5) is 0 Å². The molecule has 6 heteroatoms. The van der Waals surface area contributed by atoms with E-state index in [0.29, 0.717) is 0 Å². The van der Waals surface area contributed by atoms with Crippen LogP contribution in [0.2, 0.25) is 0 Å². The first-order valence-electron chi connectivity index (χ1n) is 3.95. The zero-order valence-electron chi connectivity index (χ0n) is 7.17. The van der Waals surface area contributed by atoms with E-state index in [-0.39, 0.29) is 12.5 Å². The van der Waals surface area contributed by atoms with Gasteiger partial charge in [-0.2, -0.15) is 0 Å². The standard InChI is InChI=1S/C7H13NO5/c1-3(9)8-7-6(12)5(11)4(10)2-13-7/h4-7,10-12H,2H2,1H3,(H,8,9)/t4-,5+,6-,7+/m1/s1. The summed E-state index contributed by atoms with van der Waals surface area (Å²) in [5, 5.41) is 29.9. The minimum Gasteiger partial charge on any atom is -0.388 e. The highest BCUT2D eigenvalue weighted by Gasteiger charge is 2.37. The molecule has 0 bridgehead atoms. The van der Waals surface area contributed by atoms with E-state index < -0.39 is 24.5 Å². The van der Waals surface area contributed by atoms with Crippen molar-refractivity contribution in [2.75, 3.05) is 6.61 Å². The fourth-order valence-corrected chi connectivity index (χ4v) is 1.13. The van der Waals surface area contributed by atoms with Gasteiger partial charge in [-0.15, -0.1) is 0 Å². The fourth-order valence-electron chi connectivity index (χ4n) is 1.13. The molecule has 0 aliphatic carbocycles. The van der Waals surface area contributed by atoms with Crippen LogP contribution in [0.25, 0.3) is 0 Å². The molecule has 4 atom stereocenters. The van der Waals surface area contributed by atoms with Crippen LogP contribution >= 0.6 is 0 Å². The molecule has 0 spiro atoms. The van der Waals surface area contributed by atoms with E-state index in [4.69, 9.17) is 9.84 Å². The molecule has 1 aliphatic heterocycles. The number of hydrogen-bond donors (Lipinski definition) is 4. The van der Waals surface area contributed by atoms with Gasteiger partial charge in [-0.3, -0.25) is 4.79 Å². The molecule has 4 N–H and O–H groups in total. The Labute approximate surface area is 75.1 Å². The topological polar surface area (TPSA) is 99.0 Å². The van der Waals surface area contributed by atoms with Gasteiger partial charge in [0.15, 0.2) is 6.23 Å². The highest BCUT2D eigenvalue weighted by Crippen LogP contribution is 2.13. The molecule has 0 aromatic carbocycles. The Kier molecular flexibility index (Phi) is 3.21. The predicted octanol–water partition coefficient (Wildman–Crippen LogP) is -2.44. The smallest absolute Gasteiger partial charge is 0.218 e. The van der Waals surface area contributed by atoms with Crippen LogP contribution in [-0.4, -0.2) is 52.4 Å². The summed E-state index contributed by atoms with van der Waals surface area (Å²) < 4.78 is 4.89. The average Bonchev–Trinajstić information content (AvgIpc) is 2.06. The molecule has 0 saturated carbocycles. The molecule has 1 aliphatic rings. The number of nitrogens with one attached hydrogen (secondary N) is 1. The van der Waals surface area contributed by atoms with E-state index in [1.807, 2.05) is 0 Å². The summed E-state index contributed by atoms with van der Waals surface area (Å²) in [6.45, 7) is 1.16. The van der Waals surface area contributed by atoms with Crippen LogP contribution in [0.3, 0.4) is 0 Å².